The molecular formula is C15H15N3O4. The van der Waals surface area contributed by atoms with Gasteiger partial charge in [-0.1, -0.05) is 0 Å². The number of nitrogens with zero attached hydrogens (tertiary/aromatic N) is 1. The van der Waals surface area contributed by atoms with Crippen LogP contribution in [0.4, 0.5) is 17.1 Å². The molecule has 2 aromatic rings. The van der Waals surface area contributed by atoms with E-state index in [-0.39, 0.29) is 18.1 Å². The summed E-state index contributed by atoms with van der Waals surface area (Å²) < 4.78 is 5.05. The second kappa shape index (κ2) is 7.07. The Kier molecular flexibility index (Phi) is 4.92. The molecule has 7 nitrogen and oxygen atoms in total. The minimum absolute atomic E-state index is 0.0191. The lowest BCUT2D eigenvalue weighted by Gasteiger charge is -2.08. The van der Waals surface area contributed by atoms with Crippen molar-refractivity contribution in [3.05, 3.63) is 58.6 Å². The first-order chi connectivity index (χ1) is 10.6. The van der Waals surface area contributed by atoms with E-state index in [0.717, 1.165) is 11.4 Å². The van der Waals surface area contributed by atoms with Crippen LogP contribution in [0.3, 0.4) is 0 Å². The van der Waals surface area contributed by atoms with Crippen LogP contribution in [-0.2, 0) is 4.79 Å². The average Bonchev–Trinajstić information content (AvgIpc) is 2.54. The fraction of sp³-hybridized carbons (Fsp3) is 0.133. The average molecular weight is 301 g/mol. The normalized spacial score (nSPS) is 9.86. The molecule has 0 aromatic heterocycles. The number of hydrogen-bond donors (Lipinski definition) is 2. The van der Waals surface area contributed by atoms with Gasteiger partial charge < -0.3 is 15.4 Å². The predicted molar refractivity (Wildman–Crippen MR) is 83.2 cm³/mol. The number of benzene rings is 2. The number of nitro groups is 1. The number of carbonyl (C=O) groups is 1. The molecule has 0 heterocycles. The van der Waals surface area contributed by atoms with Gasteiger partial charge >= 0.3 is 0 Å². The van der Waals surface area contributed by atoms with Crippen LogP contribution in [0.25, 0.3) is 0 Å². The van der Waals surface area contributed by atoms with E-state index in [0.29, 0.717) is 5.69 Å². The number of rotatable bonds is 6. The van der Waals surface area contributed by atoms with Gasteiger partial charge in [0.1, 0.15) is 5.75 Å². The molecule has 0 aliphatic rings. The third-order valence-corrected chi connectivity index (χ3v) is 2.90. The van der Waals surface area contributed by atoms with Gasteiger partial charge in [0.2, 0.25) is 5.91 Å². The van der Waals surface area contributed by atoms with Gasteiger partial charge in [0.05, 0.1) is 18.6 Å². The zero-order chi connectivity index (χ0) is 15.9. The molecule has 0 fully saturated rings. The van der Waals surface area contributed by atoms with Gasteiger partial charge in [-0.2, -0.15) is 0 Å². The molecule has 2 aromatic carbocycles. The standard InChI is InChI=1S/C15H15N3O4/c1-22-14-8-4-11(5-9-14)16-10-15(19)17-12-2-6-13(7-3-12)18(20)21/h2-9,16H,10H2,1H3,(H,17,19). The molecule has 0 saturated carbocycles. The number of nitrogens with one attached hydrogen (secondary N) is 2. The molecule has 0 unspecified atom stereocenters. The predicted octanol–water partition coefficient (Wildman–Crippen LogP) is 2.65. The van der Waals surface area contributed by atoms with E-state index in [1.165, 1.54) is 24.3 Å². The molecular weight excluding hydrogens is 286 g/mol. The van der Waals surface area contributed by atoms with E-state index in [1.807, 2.05) is 0 Å². The summed E-state index contributed by atoms with van der Waals surface area (Å²) >= 11 is 0. The number of non-ortho nitro benzene ring substituents is 1. The van der Waals surface area contributed by atoms with Crippen molar-refractivity contribution in [3.63, 3.8) is 0 Å². The Bertz CT molecular complexity index is 653. The van der Waals surface area contributed by atoms with Gasteiger partial charge in [0, 0.05) is 23.5 Å². The third-order valence-electron chi connectivity index (χ3n) is 2.90. The Hall–Kier alpha value is -3.09. The SMILES string of the molecule is COc1ccc(NCC(=O)Nc2ccc([N+](=O)[O-])cc2)cc1. The highest BCUT2D eigenvalue weighted by Gasteiger charge is 2.06. The topological polar surface area (TPSA) is 93.5 Å². The summed E-state index contributed by atoms with van der Waals surface area (Å²) in [6.45, 7) is 0.0866. The molecule has 0 aliphatic carbocycles. The highest BCUT2D eigenvalue weighted by atomic mass is 16.6. The maximum atomic E-state index is 11.8. The number of ether oxygens (including phenoxy) is 1. The molecule has 2 N–H and O–H groups in total. The van der Waals surface area contributed by atoms with Gasteiger partial charge in [0.15, 0.2) is 0 Å². The molecule has 22 heavy (non-hydrogen) atoms. The van der Waals surface area contributed by atoms with Gasteiger partial charge in [-0.25, -0.2) is 0 Å². The van der Waals surface area contributed by atoms with Crippen LogP contribution in [0, 0.1) is 10.1 Å². The first-order valence-corrected chi connectivity index (χ1v) is 6.51. The number of nitro benzene ring substituents is 1. The lowest BCUT2D eigenvalue weighted by molar-refractivity contribution is -0.384. The summed E-state index contributed by atoms with van der Waals surface area (Å²) in [6, 6.07) is 12.8. The summed E-state index contributed by atoms with van der Waals surface area (Å²) in [5, 5.41) is 16.2. The van der Waals surface area contributed by atoms with Crippen LogP contribution in [0.5, 0.6) is 5.75 Å². The maximum absolute atomic E-state index is 11.8. The van der Waals surface area contributed by atoms with Crippen LogP contribution < -0.4 is 15.4 Å². The third kappa shape index (κ3) is 4.20. The van der Waals surface area contributed by atoms with Gasteiger partial charge in [-0.15, -0.1) is 0 Å². The highest BCUT2D eigenvalue weighted by Crippen LogP contribution is 2.16. The van der Waals surface area contributed by atoms with Gasteiger partial charge in [-0.3, -0.25) is 14.9 Å². The van der Waals surface area contributed by atoms with E-state index in [2.05, 4.69) is 10.6 Å². The van der Waals surface area contributed by atoms with Gasteiger partial charge in [-0.05, 0) is 36.4 Å². The Balaban J connectivity index is 1.85. The Morgan fingerprint density at radius 3 is 2.23 bits per heavy atom. The van der Waals surface area contributed by atoms with E-state index in [4.69, 9.17) is 4.74 Å². The van der Waals surface area contributed by atoms with Crippen molar-refractivity contribution >= 4 is 23.0 Å². The van der Waals surface area contributed by atoms with Crippen LogP contribution >= 0.6 is 0 Å². The van der Waals surface area contributed by atoms with E-state index in [1.54, 1.807) is 31.4 Å². The van der Waals surface area contributed by atoms with E-state index < -0.39 is 4.92 Å². The van der Waals surface area contributed by atoms with Crippen molar-refractivity contribution in [1.82, 2.24) is 0 Å². The summed E-state index contributed by atoms with van der Waals surface area (Å²) in [5.74, 6) is 0.491. The lowest BCUT2D eigenvalue weighted by atomic mass is 10.3. The second-order valence-electron chi connectivity index (χ2n) is 4.43. The minimum atomic E-state index is -0.489. The fourth-order valence-corrected chi connectivity index (χ4v) is 1.76. The zero-order valence-corrected chi connectivity index (χ0v) is 11.9. The first-order valence-electron chi connectivity index (χ1n) is 6.51. The van der Waals surface area contributed by atoms with Crippen LogP contribution in [-0.4, -0.2) is 24.5 Å². The Morgan fingerprint density at radius 1 is 1.09 bits per heavy atom. The van der Waals surface area contributed by atoms with Crippen LogP contribution in [0.2, 0.25) is 0 Å². The molecule has 0 spiro atoms. The molecule has 0 aliphatic heterocycles. The van der Waals surface area contributed by atoms with E-state index >= 15 is 0 Å². The van der Waals surface area contributed by atoms with Crippen molar-refractivity contribution < 1.29 is 14.5 Å². The number of amides is 1. The molecule has 0 radical (unpaired) electrons. The fourth-order valence-electron chi connectivity index (χ4n) is 1.76. The molecule has 0 bridgehead atoms. The van der Waals surface area contributed by atoms with Crippen molar-refractivity contribution in [2.45, 2.75) is 0 Å². The molecule has 114 valence electrons. The number of anilines is 2. The summed E-state index contributed by atoms with van der Waals surface area (Å²) in [7, 11) is 1.58. The van der Waals surface area contributed by atoms with Crippen molar-refractivity contribution in [3.8, 4) is 5.75 Å². The summed E-state index contributed by atoms with van der Waals surface area (Å²) in [6.07, 6.45) is 0. The van der Waals surface area contributed by atoms with Crippen LogP contribution in [0.15, 0.2) is 48.5 Å². The van der Waals surface area contributed by atoms with Crippen LogP contribution in [0.1, 0.15) is 0 Å². The first kappa shape index (κ1) is 15.3. The lowest BCUT2D eigenvalue weighted by Crippen LogP contribution is -2.21. The highest BCUT2D eigenvalue weighted by molar-refractivity contribution is 5.93. The van der Waals surface area contributed by atoms with Crippen molar-refractivity contribution in [2.75, 3.05) is 24.3 Å². The molecule has 0 saturated heterocycles. The summed E-state index contributed by atoms with van der Waals surface area (Å²) in [5.41, 5.74) is 1.28. The number of hydrogen-bond acceptors (Lipinski definition) is 5. The minimum Gasteiger partial charge on any atom is -0.497 e. The molecule has 2 rings (SSSR count). The number of carbonyl (C=O) groups excluding carboxylic acids is 1. The van der Waals surface area contributed by atoms with Gasteiger partial charge in [0.25, 0.3) is 5.69 Å². The Labute approximate surface area is 127 Å². The zero-order valence-electron chi connectivity index (χ0n) is 11.9. The quantitative estimate of drug-likeness (QED) is 0.632. The molecule has 7 heteroatoms. The van der Waals surface area contributed by atoms with E-state index in [9.17, 15) is 14.9 Å². The summed E-state index contributed by atoms with van der Waals surface area (Å²) in [4.78, 5) is 21.8. The molecule has 0 atom stereocenters. The largest absolute Gasteiger partial charge is 0.497 e. The van der Waals surface area contributed by atoms with Crippen molar-refractivity contribution in [1.29, 1.82) is 0 Å². The second-order valence-corrected chi connectivity index (χ2v) is 4.43. The molecule has 1 amide bonds. The monoisotopic (exact) mass is 301 g/mol. The number of methoxy groups -OCH3 is 1. The smallest absolute Gasteiger partial charge is 0.269 e. The maximum Gasteiger partial charge on any atom is 0.269 e. The Morgan fingerprint density at radius 2 is 1.68 bits per heavy atom. The van der Waals surface area contributed by atoms with Crippen molar-refractivity contribution in [2.24, 2.45) is 0 Å².